The van der Waals surface area contributed by atoms with Gasteiger partial charge in [0.25, 0.3) is 0 Å². The minimum Gasteiger partial charge on any atom is -0.375 e. The van der Waals surface area contributed by atoms with E-state index in [9.17, 15) is 4.79 Å². The number of carbonyl (C=O) groups excluding carboxylic acids is 1. The summed E-state index contributed by atoms with van der Waals surface area (Å²) in [4.78, 5) is 14.2. The van der Waals surface area contributed by atoms with Crippen LogP contribution in [0.1, 0.15) is 58.3 Å². The van der Waals surface area contributed by atoms with Crippen LogP contribution in [0.2, 0.25) is 0 Å². The molecule has 3 aliphatic carbocycles. The van der Waals surface area contributed by atoms with Gasteiger partial charge in [-0.2, -0.15) is 5.26 Å². The Morgan fingerprint density at radius 2 is 1.96 bits per heavy atom. The summed E-state index contributed by atoms with van der Waals surface area (Å²) in [5, 5.41) is 12.7. The van der Waals surface area contributed by atoms with Crippen molar-refractivity contribution < 1.29 is 9.53 Å². The molecule has 0 aromatic carbocycles. The van der Waals surface area contributed by atoms with Crippen molar-refractivity contribution in [3.63, 3.8) is 0 Å². The molecule has 1 amide bonds. The first-order valence-corrected chi connectivity index (χ1v) is 9.66. The monoisotopic (exact) mass is 331 g/mol. The Balaban J connectivity index is 1.26. The second-order valence-corrected chi connectivity index (χ2v) is 8.65. The van der Waals surface area contributed by atoms with Crippen LogP contribution in [0.4, 0.5) is 0 Å². The lowest BCUT2D eigenvalue weighted by molar-refractivity contribution is -0.130. The molecule has 132 valence electrons. The highest BCUT2D eigenvalue weighted by molar-refractivity contribution is 5.79. The molecule has 0 aromatic rings. The Morgan fingerprint density at radius 1 is 1.25 bits per heavy atom. The van der Waals surface area contributed by atoms with Gasteiger partial charge in [-0.15, -0.1) is 0 Å². The highest BCUT2D eigenvalue weighted by atomic mass is 16.5. The molecule has 5 nitrogen and oxygen atoms in total. The number of nitriles is 1. The molecular formula is C19H29N3O2. The van der Waals surface area contributed by atoms with Gasteiger partial charge in [0.15, 0.2) is 0 Å². The quantitative estimate of drug-likeness (QED) is 0.839. The summed E-state index contributed by atoms with van der Waals surface area (Å²) in [5.41, 5.74) is 0.0669. The summed E-state index contributed by atoms with van der Waals surface area (Å²) in [7, 11) is 0. The van der Waals surface area contributed by atoms with Gasteiger partial charge in [-0.05, 0) is 70.1 Å². The van der Waals surface area contributed by atoms with Crippen molar-refractivity contribution in [2.24, 2.45) is 11.8 Å². The van der Waals surface area contributed by atoms with E-state index in [0.717, 1.165) is 44.1 Å². The number of likely N-dealkylation sites (tertiary alicyclic amines) is 1. The van der Waals surface area contributed by atoms with Crippen LogP contribution < -0.4 is 5.32 Å². The fraction of sp³-hybridized carbons (Fsp3) is 0.895. The highest BCUT2D eigenvalue weighted by Gasteiger charge is 2.48. The number of rotatable bonds is 5. The number of hydrogen-bond acceptors (Lipinski definition) is 4. The zero-order valence-corrected chi connectivity index (χ0v) is 14.7. The Morgan fingerprint density at radius 3 is 2.58 bits per heavy atom. The van der Waals surface area contributed by atoms with Gasteiger partial charge in [0.2, 0.25) is 5.91 Å². The molecule has 1 saturated heterocycles. The number of amides is 1. The van der Waals surface area contributed by atoms with Gasteiger partial charge in [0.1, 0.15) is 6.04 Å². The van der Waals surface area contributed by atoms with Crippen LogP contribution in [0.15, 0.2) is 0 Å². The second-order valence-electron chi connectivity index (χ2n) is 8.65. The van der Waals surface area contributed by atoms with E-state index in [1.165, 1.54) is 25.7 Å². The van der Waals surface area contributed by atoms with Crippen LogP contribution in [0.3, 0.4) is 0 Å². The van der Waals surface area contributed by atoms with Crippen LogP contribution >= 0.6 is 0 Å². The predicted molar refractivity (Wildman–Crippen MR) is 90.1 cm³/mol. The molecule has 1 heterocycles. The van der Waals surface area contributed by atoms with Gasteiger partial charge < -0.3 is 15.0 Å². The summed E-state index contributed by atoms with van der Waals surface area (Å²) in [6, 6.07) is 2.04. The van der Waals surface area contributed by atoms with E-state index >= 15 is 0 Å². The third kappa shape index (κ3) is 3.32. The average molecular weight is 331 g/mol. The van der Waals surface area contributed by atoms with Gasteiger partial charge >= 0.3 is 0 Å². The normalized spacial score (nSPS) is 41.4. The largest absolute Gasteiger partial charge is 0.375 e. The maximum atomic E-state index is 12.4. The fourth-order valence-electron chi connectivity index (χ4n) is 5.22. The molecule has 0 spiro atoms. The predicted octanol–water partition coefficient (Wildman–Crippen LogP) is 2.22. The molecule has 0 unspecified atom stereocenters. The zero-order chi connectivity index (χ0) is 16.7. The molecule has 5 atom stereocenters. The van der Waals surface area contributed by atoms with Crippen molar-refractivity contribution in [1.82, 2.24) is 10.2 Å². The third-order valence-corrected chi connectivity index (χ3v) is 6.52. The van der Waals surface area contributed by atoms with Gasteiger partial charge in [0, 0.05) is 12.1 Å². The number of fused-ring (bicyclic) bond motifs is 1. The van der Waals surface area contributed by atoms with Crippen molar-refractivity contribution in [2.75, 3.05) is 13.1 Å². The minimum absolute atomic E-state index is 0.0669. The van der Waals surface area contributed by atoms with Gasteiger partial charge in [0.05, 0.1) is 24.8 Å². The van der Waals surface area contributed by atoms with Crippen molar-refractivity contribution in [3.8, 4) is 6.07 Å². The van der Waals surface area contributed by atoms with E-state index in [2.05, 4.69) is 18.3 Å². The van der Waals surface area contributed by atoms with Crippen molar-refractivity contribution in [3.05, 3.63) is 0 Å². The molecule has 24 heavy (non-hydrogen) atoms. The fourth-order valence-corrected chi connectivity index (χ4v) is 5.22. The number of nitrogens with zero attached hydrogens (tertiary/aromatic N) is 2. The Bertz CT molecular complexity index is 525. The Kier molecular flexibility index (Phi) is 4.30. The van der Waals surface area contributed by atoms with E-state index < -0.39 is 0 Å². The van der Waals surface area contributed by atoms with Crippen LogP contribution in [-0.4, -0.2) is 47.7 Å². The maximum absolute atomic E-state index is 12.4. The molecular weight excluding hydrogens is 302 g/mol. The lowest BCUT2D eigenvalue weighted by atomic mass is 9.95. The SMILES string of the molecule is C[C@]1(NCC(=O)N2CCC[C@H]2C#N)C[C@H]2C[C@@H](OC3CC3)C[C@H]2C1. The second kappa shape index (κ2) is 6.31. The van der Waals surface area contributed by atoms with Gasteiger partial charge in [-0.3, -0.25) is 4.79 Å². The van der Waals surface area contributed by atoms with E-state index in [-0.39, 0.29) is 17.5 Å². The summed E-state index contributed by atoms with van der Waals surface area (Å²) < 4.78 is 6.10. The molecule has 1 N–H and O–H groups in total. The van der Waals surface area contributed by atoms with Crippen LogP contribution in [-0.2, 0) is 9.53 Å². The first-order chi connectivity index (χ1) is 11.6. The summed E-state index contributed by atoms with van der Waals surface area (Å²) in [5.74, 6) is 1.59. The van der Waals surface area contributed by atoms with Gasteiger partial charge in [-0.1, -0.05) is 0 Å². The lowest BCUT2D eigenvalue weighted by Gasteiger charge is -2.29. The number of nitrogens with one attached hydrogen (secondary N) is 1. The van der Waals surface area contributed by atoms with Crippen LogP contribution in [0.5, 0.6) is 0 Å². The molecule has 0 aromatic heterocycles. The standard InChI is InChI=1S/C19H29N3O2/c1-19(21-12-18(23)22-6-2-3-15(22)11-20)9-13-7-17(8-14(13)10-19)24-16-4-5-16/h13-17,21H,2-10,12H2,1H3/t13-,14+,15-,17-,19+/m0/s1. The van der Waals surface area contributed by atoms with E-state index in [1.54, 1.807) is 4.90 Å². The molecule has 4 rings (SSSR count). The van der Waals surface area contributed by atoms with Crippen LogP contribution in [0.25, 0.3) is 0 Å². The smallest absolute Gasteiger partial charge is 0.237 e. The molecule has 5 heteroatoms. The van der Waals surface area contributed by atoms with E-state index in [1.807, 2.05) is 0 Å². The first kappa shape index (κ1) is 16.4. The molecule has 1 aliphatic heterocycles. The summed E-state index contributed by atoms with van der Waals surface area (Å²) >= 11 is 0. The van der Waals surface area contributed by atoms with Crippen LogP contribution in [0, 0.1) is 23.2 Å². The molecule has 4 aliphatic rings. The molecule has 4 fully saturated rings. The minimum atomic E-state index is -0.213. The van der Waals surface area contributed by atoms with E-state index in [0.29, 0.717) is 18.8 Å². The van der Waals surface area contributed by atoms with E-state index in [4.69, 9.17) is 10.00 Å². The number of carbonyl (C=O) groups is 1. The highest BCUT2D eigenvalue weighted by Crippen LogP contribution is 2.50. The number of ether oxygens (including phenoxy) is 1. The average Bonchev–Trinajstić information content (AvgIpc) is 2.97. The first-order valence-electron chi connectivity index (χ1n) is 9.66. The molecule has 3 saturated carbocycles. The molecule has 0 bridgehead atoms. The third-order valence-electron chi connectivity index (χ3n) is 6.52. The van der Waals surface area contributed by atoms with Crippen molar-refractivity contribution >= 4 is 5.91 Å². The maximum Gasteiger partial charge on any atom is 0.237 e. The number of hydrogen-bond donors (Lipinski definition) is 1. The summed E-state index contributed by atoms with van der Waals surface area (Å²) in [6.07, 6.45) is 10.0. The lowest BCUT2D eigenvalue weighted by Crippen LogP contribution is -2.48. The molecule has 0 radical (unpaired) electrons. The van der Waals surface area contributed by atoms with Crippen molar-refractivity contribution in [1.29, 1.82) is 5.26 Å². The van der Waals surface area contributed by atoms with Crippen molar-refractivity contribution in [2.45, 2.75) is 82.1 Å². The Hall–Kier alpha value is -1.12. The Labute approximate surface area is 144 Å². The summed E-state index contributed by atoms with van der Waals surface area (Å²) in [6.45, 7) is 3.37. The van der Waals surface area contributed by atoms with Gasteiger partial charge in [-0.25, -0.2) is 0 Å². The zero-order valence-electron chi connectivity index (χ0n) is 14.7. The topological polar surface area (TPSA) is 65.4 Å².